The average molecular weight is 799 g/mol. The monoisotopic (exact) mass is 798 g/mol. The molecule has 0 fully saturated rings. The number of anilines is 3. The van der Waals surface area contributed by atoms with Gasteiger partial charge in [-0.1, -0.05) is 153 Å². The molecule has 0 radical (unpaired) electrons. The first-order valence-corrected chi connectivity index (χ1v) is 24.7. The van der Waals surface area contributed by atoms with E-state index >= 15 is 0 Å². The van der Waals surface area contributed by atoms with Gasteiger partial charge >= 0.3 is 0 Å². The third kappa shape index (κ3) is 4.63. The molecule has 4 heteroatoms. The average Bonchev–Trinajstić information content (AvgIpc) is 3.93. The number of benzene rings is 9. The van der Waals surface area contributed by atoms with Crippen LogP contribution < -0.4 is 15.3 Å². The summed E-state index contributed by atoms with van der Waals surface area (Å²) in [5.41, 5.74) is 12.4. The fourth-order valence-corrected chi connectivity index (χ4v) is 14.9. The molecule has 282 valence electrons. The smallest absolute Gasteiger partial charge is 0.113 e. The molecule has 60 heavy (non-hydrogen) atoms. The summed E-state index contributed by atoms with van der Waals surface area (Å²) in [4.78, 5) is 2.52. The third-order valence-electron chi connectivity index (χ3n) is 13.3. The third-order valence-corrected chi connectivity index (χ3v) is 18.0. The summed E-state index contributed by atoms with van der Waals surface area (Å²) in [6.45, 7) is 5.01. The van der Waals surface area contributed by atoms with Crippen molar-refractivity contribution in [2.45, 2.75) is 13.1 Å². The predicted octanol–water partition coefficient (Wildman–Crippen LogP) is 14.9. The Balaban J connectivity index is 1.15. The van der Waals surface area contributed by atoms with Gasteiger partial charge in [-0.25, -0.2) is 0 Å². The molecule has 3 aromatic heterocycles. The first kappa shape index (κ1) is 33.9. The molecule has 0 N–H and O–H groups in total. The predicted molar refractivity (Wildman–Crippen MR) is 263 cm³/mol. The molecule has 2 nitrogen and oxygen atoms in total. The lowest BCUT2D eigenvalue weighted by Crippen LogP contribution is -2.49. The Morgan fingerprint density at radius 3 is 1.92 bits per heavy atom. The highest BCUT2D eigenvalue weighted by Crippen LogP contribution is 2.48. The maximum atomic E-state index is 2.57. The highest BCUT2D eigenvalue weighted by atomic mass is 32.1. The van der Waals surface area contributed by atoms with Gasteiger partial charge in [0.1, 0.15) is 8.07 Å². The van der Waals surface area contributed by atoms with Crippen molar-refractivity contribution in [1.29, 1.82) is 0 Å². The highest BCUT2D eigenvalue weighted by Gasteiger charge is 2.39. The van der Waals surface area contributed by atoms with Gasteiger partial charge in [0.2, 0.25) is 0 Å². The van der Waals surface area contributed by atoms with Crippen LogP contribution in [0.5, 0.6) is 0 Å². The van der Waals surface area contributed by atoms with E-state index in [9.17, 15) is 0 Å². The molecule has 0 spiro atoms. The van der Waals surface area contributed by atoms with Gasteiger partial charge in [-0.15, -0.1) is 11.3 Å². The molecule has 0 atom stereocenters. The molecule has 12 aromatic rings. The first-order chi connectivity index (χ1) is 29.5. The van der Waals surface area contributed by atoms with Crippen molar-refractivity contribution in [3.8, 4) is 22.3 Å². The largest absolute Gasteiger partial charge is 0.310 e. The van der Waals surface area contributed by atoms with Gasteiger partial charge < -0.3 is 9.30 Å². The minimum atomic E-state index is -1.93. The topological polar surface area (TPSA) is 7.65 Å². The normalized spacial score (nSPS) is 13.3. The second kappa shape index (κ2) is 12.5. The number of thiophene rings is 1. The van der Waals surface area contributed by atoms with Gasteiger partial charge in [0.25, 0.3) is 0 Å². The van der Waals surface area contributed by atoms with E-state index in [4.69, 9.17) is 0 Å². The van der Waals surface area contributed by atoms with E-state index in [0.717, 1.165) is 11.4 Å². The minimum absolute atomic E-state index is 1.14. The summed E-state index contributed by atoms with van der Waals surface area (Å²) < 4.78 is 5.21. The summed E-state index contributed by atoms with van der Waals surface area (Å²) in [7, 11) is -1.93. The number of fused-ring (bicyclic) bond motifs is 11. The zero-order valence-corrected chi connectivity index (χ0v) is 35.1. The molecule has 9 aromatic carbocycles. The van der Waals surface area contributed by atoms with E-state index in [1.54, 1.807) is 0 Å². The van der Waals surface area contributed by atoms with Crippen LogP contribution in [0.2, 0.25) is 13.1 Å². The number of rotatable bonds is 4. The lowest BCUT2D eigenvalue weighted by atomic mass is 10.00. The van der Waals surface area contributed by atoms with Crippen molar-refractivity contribution in [1.82, 2.24) is 4.40 Å². The Morgan fingerprint density at radius 1 is 0.433 bits per heavy atom. The molecule has 0 amide bonds. The van der Waals surface area contributed by atoms with Crippen LogP contribution in [0.25, 0.3) is 91.3 Å². The lowest BCUT2D eigenvalue weighted by Gasteiger charge is -2.29. The van der Waals surface area contributed by atoms with Crippen LogP contribution in [0.3, 0.4) is 0 Å². The zero-order chi connectivity index (χ0) is 39.7. The molecule has 4 heterocycles. The second-order valence-corrected chi connectivity index (χ2v) is 22.2. The molecule has 1 aliphatic heterocycles. The van der Waals surface area contributed by atoms with Gasteiger partial charge in [-0.3, -0.25) is 0 Å². The van der Waals surface area contributed by atoms with Crippen molar-refractivity contribution in [3.63, 3.8) is 0 Å². The Kier molecular flexibility index (Phi) is 7.08. The standard InChI is InChI=1S/C56H38N2SSi/c1-60(2)51-24-11-9-19-44(51)53-48(22-13-25-52(53)60)57(37-28-26-36(27-29-37)35-14-4-3-5-15-35)38-30-32-47-45(34-38)43-31-33-50-55-54-42(20-12-23-49(54)59-50)40-17-7-6-16-39(40)41-18-8-10-21-46(41)58(47)56(43)55/h3-34H,1-2H3. The first-order valence-electron chi connectivity index (χ1n) is 20.9. The van der Waals surface area contributed by atoms with Crippen LogP contribution in [0, 0.1) is 0 Å². The second-order valence-electron chi connectivity index (χ2n) is 16.8. The van der Waals surface area contributed by atoms with Crippen LogP contribution >= 0.6 is 11.3 Å². The van der Waals surface area contributed by atoms with Crippen molar-refractivity contribution >= 4 is 116 Å². The number of hydrogen-bond acceptors (Lipinski definition) is 2. The van der Waals surface area contributed by atoms with Gasteiger partial charge in [-0.05, 0) is 97.8 Å². The van der Waals surface area contributed by atoms with Gasteiger partial charge in [0, 0.05) is 53.3 Å². The van der Waals surface area contributed by atoms with E-state index in [2.05, 4.69) is 217 Å². The number of hydrogen-bond donors (Lipinski definition) is 0. The highest BCUT2D eigenvalue weighted by molar-refractivity contribution is 7.26. The lowest BCUT2D eigenvalue weighted by molar-refractivity contribution is 1.29. The Hall–Kier alpha value is -6.98. The number of nitrogens with zero attached hydrogens (tertiary/aromatic N) is 2. The zero-order valence-electron chi connectivity index (χ0n) is 33.3. The summed E-state index contributed by atoms with van der Waals surface area (Å²) in [5, 5.41) is 13.3. The van der Waals surface area contributed by atoms with Crippen LogP contribution in [-0.4, -0.2) is 12.5 Å². The van der Waals surface area contributed by atoms with E-state index in [1.807, 2.05) is 11.3 Å². The van der Waals surface area contributed by atoms with Crippen LogP contribution in [0.4, 0.5) is 17.1 Å². The fraction of sp³-hybridized carbons (Fsp3) is 0.0357. The molecule has 0 saturated heterocycles. The molecule has 0 saturated carbocycles. The van der Waals surface area contributed by atoms with E-state index in [-0.39, 0.29) is 0 Å². The van der Waals surface area contributed by atoms with Crippen LogP contribution in [0.1, 0.15) is 0 Å². The van der Waals surface area contributed by atoms with E-state index in [0.29, 0.717) is 0 Å². The summed E-state index contributed by atoms with van der Waals surface area (Å²) >= 11 is 1.90. The minimum Gasteiger partial charge on any atom is -0.310 e. The number of para-hydroxylation sites is 1. The summed E-state index contributed by atoms with van der Waals surface area (Å²) in [6, 6.07) is 72.8. The molecular weight excluding hydrogens is 761 g/mol. The maximum Gasteiger partial charge on any atom is 0.113 e. The molecule has 0 unspecified atom stereocenters. The molecule has 1 aliphatic rings. The van der Waals surface area contributed by atoms with Crippen molar-refractivity contribution in [2.24, 2.45) is 0 Å². The Morgan fingerprint density at radius 2 is 1.07 bits per heavy atom. The fourth-order valence-electron chi connectivity index (χ4n) is 10.6. The van der Waals surface area contributed by atoms with Crippen LogP contribution in [0.15, 0.2) is 194 Å². The molecule has 0 aliphatic carbocycles. The summed E-state index contributed by atoms with van der Waals surface area (Å²) in [5.74, 6) is 0. The van der Waals surface area contributed by atoms with Gasteiger partial charge in [0.05, 0.1) is 22.2 Å². The molecular formula is C56H38N2SSi. The van der Waals surface area contributed by atoms with Crippen molar-refractivity contribution in [3.05, 3.63) is 194 Å². The Bertz CT molecular complexity index is 3730. The van der Waals surface area contributed by atoms with Crippen molar-refractivity contribution < 1.29 is 0 Å². The Labute approximate surface area is 352 Å². The number of aromatic nitrogens is 1. The molecule has 13 rings (SSSR count). The maximum absolute atomic E-state index is 2.57. The SMILES string of the molecule is C[Si]1(C)c2ccccc2-c2c(N(c3ccc(-c4ccccc4)cc3)c3ccc4c(c3)c3ccc5sc6cccc7c8ccccc8c8ccccc8n4c3c5c67)cccc21. The van der Waals surface area contributed by atoms with Gasteiger partial charge in [-0.2, -0.15) is 0 Å². The van der Waals surface area contributed by atoms with Crippen molar-refractivity contribution in [2.75, 3.05) is 4.90 Å². The van der Waals surface area contributed by atoms with Crippen LogP contribution in [-0.2, 0) is 0 Å². The molecule has 0 bridgehead atoms. The van der Waals surface area contributed by atoms with E-state index in [1.165, 1.54) is 107 Å². The summed E-state index contributed by atoms with van der Waals surface area (Å²) in [6.07, 6.45) is 0. The van der Waals surface area contributed by atoms with E-state index < -0.39 is 8.07 Å². The van der Waals surface area contributed by atoms with Gasteiger partial charge in [0.15, 0.2) is 0 Å². The quantitative estimate of drug-likeness (QED) is 0.161.